The third-order valence-corrected chi connectivity index (χ3v) is 2.22. The van der Waals surface area contributed by atoms with Gasteiger partial charge < -0.3 is 5.32 Å². The van der Waals surface area contributed by atoms with Crippen LogP contribution in [0.15, 0.2) is 0 Å². The van der Waals surface area contributed by atoms with E-state index in [9.17, 15) is 4.39 Å². The second kappa shape index (κ2) is 4.05. The van der Waals surface area contributed by atoms with Crippen molar-refractivity contribution in [2.75, 3.05) is 6.54 Å². The average Bonchev–Trinajstić information content (AvgIpc) is 2.31. The molecule has 0 heterocycles. The number of nitrogens with one attached hydrogen (secondary N) is 1. The molecule has 1 saturated carbocycles. The zero-order chi connectivity index (χ0) is 8.27. The van der Waals surface area contributed by atoms with Crippen molar-refractivity contribution in [1.29, 1.82) is 0 Å². The van der Waals surface area contributed by atoms with Crippen LogP contribution in [0, 0.1) is 5.92 Å². The molecule has 0 amide bonds. The topological polar surface area (TPSA) is 12.0 Å². The molecule has 1 aliphatic rings. The van der Waals surface area contributed by atoms with Crippen molar-refractivity contribution < 1.29 is 4.39 Å². The normalized spacial score (nSPS) is 31.6. The Morgan fingerprint density at radius 3 is 2.64 bits per heavy atom. The van der Waals surface area contributed by atoms with Crippen molar-refractivity contribution in [1.82, 2.24) is 5.32 Å². The Kier molecular flexibility index (Phi) is 3.31. The zero-order valence-electron chi connectivity index (χ0n) is 7.44. The van der Waals surface area contributed by atoms with Crippen LogP contribution >= 0.6 is 0 Å². The van der Waals surface area contributed by atoms with Crippen molar-refractivity contribution in [2.45, 2.75) is 45.3 Å². The van der Waals surface area contributed by atoms with Crippen LogP contribution in [0.25, 0.3) is 0 Å². The van der Waals surface area contributed by atoms with Crippen molar-refractivity contribution in [3.63, 3.8) is 0 Å². The number of halogens is 1. The highest BCUT2D eigenvalue weighted by Gasteiger charge is 2.25. The van der Waals surface area contributed by atoms with Gasteiger partial charge in [0.2, 0.25) is 0 Å². The van der Waals surface area contributed by atoms with Crippen molar-refractivity contribution in [3.05, 3.63) is 0 Å². The first kappa shape index (κ1) is 8.98. The minimum absolute atomic E-state index is 0.150. The van der Waals surface area contributed by atoms with Gasteiger partial charge in [0, 0.05) is 6.04 Å². The molecular formula is C9H18FN. The summed E-state index contributed by atoms with van der Waals surface area (Å²) in [4.78, 5) is 0. The van der Waals surface area contributed by atoms with Crippen LogP contribution in [0.5, 0.6) is 0 Å². The smallest absolute Gasteiger partial charge is 0.115 e. The lowest BCUT2D eigenvalue weighted by atomic mass is 10.2. The van der Waals surface area contributed by atoms with E-state index in [1.54, 1.807) is 0 Å². The Morgan fingerprint density at radius 2 is 2.18 bits per heavy atom. The summed E-state index contributed by atoms with van der Waals surface area (Å²) in [5.41, 5.74) is 0. The Balaban J connectivity index is 2.15. The molecule has 0 bridgehead atoms. The first-order chi connectivity index (χ1) is 5.20. The Morgan fingerprint density at radius 1 is 1.45 bits per heavy atom. The predicted molar refractivity (Wildman–Crippen MR) is 45.4 cm³/mol. The molecular weight excluding hydrogens is 141 g/mol. The summed E-state index contributed by atoms with van der Waals surface area (Å²) in [6, 6.07) is 0.150. The second-order valence-corrected chi connectivity index (χ2v) is 3.86. The minimum Gasteiger partial charge on any atom is -0.311 e. The van der Waals surface area contributed by atoms with Crippen LogP contribution in [0.2, 0.25) is 0 Å². The van der Waals surface area contributed by atoms with Gasteiger partial charge in [0.25, 0.3) is 0 Å². The van der Waals surface area contributed by atoms with Gasteiger partial charge >= 0.3 is 0 Å². The highest BCUT2D eigenvalue weighted by Crippen LogP contribution is 2.21. The fourth-order valence-corrected chi connectivity index (χ4v) is 1.53. The first-order valence-electron chi connectivity index (χ1n) is 4.57. The van der Waals surface area contributed by atoms with E-state index >= 15 is 0 Å². The predicted octanol–water partition coefficient (Wildman–Crippen LogP) is 2.12. The molecule has 0 spiro atoms. The van der Waals surface area contributed by atoms with Crippen LogP contribution in [0.4, 0.5) is 4.39 Å². The van der Waals surface area contributed by atoms with Gasteiger partial charge in [0.1, 0.15) is 6.17 Å². The average molecular weight is 159 g/mol. The molecule has 0 aromatic carbocycles. The maximum Gasteiger partial charge on any atom is 0.115 e. The zero-order valence-corrected chi connectivity index (χ0v) is 7.44. The molecule has 11 heavy (non-hydrogen) atoms. The van der Waals surface area contributed by atoms with Crippen LogP contribution in [-0.2, 0) is 0 Å². The van der Waals surface area contributed by atoms with E-state index in [1.807, 2.05) is 0 Å². The minimum atomic E-state index is -0.589. The summed E-state index contributed by atoms with van der Waals surface area (Å²) >= 11 is 0. The van der Waals surface area contributed by atoms with E-state index in [2.05, 4.69) is 19.2 Å². The maximum atomic E-state index is 13.0. The van der Waals surface area contributed by atoms with Crippen LogP contribution < -0.4 is 5.32 Å². The van der Waals surface area contributed by atoms with E-state index in [-0.39, 0.29) is 6.04 Å². The molecule has 1 fully saturated rings. The van der Waals surface area contributed by atoms with Gasteiger partial charge in [0.05, 0.1) is 0 Å². The van der Waals surface area contributed by atoms with Crippen LogP contribution in [0.1, 0.15) is 33.1 Å². The molecule has 1 nitrogen and oxygen atoms in total. The molecule has 0 unspecified atom stereocenters. The lowest BCUT2D eigenvalue weighted by Gasteiger charge is -2.16. The van der Waals surface area contributed by atoms with Crippen LogP contribution in [0.3, 0.4) is 0 Å². The number of rotatable bonds is 3. The van der Waals surface area contributed by atoms with Gasteiger partial charge in [-0.25, -0.2) is 4.39 Å². The highest BCUT2D eigenvalue weighted by molar-refractivity contribution is 4.82. The molecule has 1 rings (SSSR count). The largest absolute Gasteiger partial charge is 0.311 e. The fourth-order valence-electron chi connectivity index (χ4n) is 1.53. The van der Waals surface area contributed by atoms with Crippen molar-refractivity contribution in [3.8, 4) is 0 Å². The quantitative estimate of drug-likeness (QED) is 0.665. The van der Waals surface area contributed by atoms with E-state index < -0.39 is 6.17 Å². The van der Waals surface area contributed by atoms with E-state index in [1.165, 1.54) is 0 Å². The van der Waals surface area contributed by atoms with E-state index in [0.29, 0.717) is 5.92 Å². The van der Waals surface area contributed by atoms with Gasteiger partial charge in [-0.1, -0.05) is 13.8 Å². The molecule has 0 radical (unpaired) electrons. The summed E-state index contributed by atoms with van der Waals surface area (Å²) in [6.07, 6.45) is 2.24. The summed E-state index contributed by atoms with van der Waals surface area (Å²) < 4.78 is 13.0. The van der Waals surface area contributed by atoms with Gasteiger partial charge in [-0.05, 0) is 31.7 Å². The van der Waals surface area contributed by atoms with E-state index in [0.717, 1.165) is 25.8 Å². The van der Waals surface area contributed by atoms with Gasteiger partial charge in [-0.2, -0.15) is 0 Å². The number of alkyl halides is 1. The van der Waals surface area contributed by atoms with Gasteiger partial charge in [-0.15, -0.1) is 0 Å². The standard InChI is InChI=1S/C9H18FN/c1-7(2)6-11-9-5-3-4-8(9)10/h7-9,11H,3-6H2,1-2H3/t8-,9+/m0/s1. The van der Waals surface area contributed by atoms with Gasteiger partial charge in [0.15, 0.2) is 0 Å². The van der Waals surface area contributed by atoms with E-state index in [4.69, 9.17) is 0 Å². The number of hydrogen-bond acceptors (Lipinski definition) is 1. The SMILES string of the molecule is CC(C)CN[C@@H]1CCC[C@@H]1F. The van der Waals surface area contributed by atoms with Crippen LogP contribution in [-0.4, -0.2) is 18.8 Å². The molecule has 0 saturated heterocycles. The lowest BCUT2D eigenvalue weighted by molar-refractivity contribution is 0.274. The molecule has 0 aromatic heterocycles. The molecule has 1 N–H and O–H groups in total. The third-order valence-electron chi connectivity index (χ3n) is 2.22. The fraction of sp³-hybridized carbons (Fsp3) is 1.00. The molecule has 2 atom stereocenters. The maximum absolute atomic E-state index is 13.0. The lowest BCUT2D eigenvalue weighted by Crippen LogP contribution is -2.35. The molecule has 66 valence electrons. The second-order valence-electron chi connectivity index (χ2n) is 3.86. The summed E-state index contributed by atoms with van der Waals surface area (Å²) in [5.74, 6) is 0.628. The number of hydrogen-bond donors (Lipinski definition) is 1. The molecule has 0 aromatic rings. The summed E-state index contributed by atoms with van der Waals surface area (Å²) in [6.45, 7) is 5.25. The highest BCUT2D eigenvalue weighted by atomic mass is 19.1. The molecule has 0 aliphatic heterocycles. The summed E-state index contributed by atoms with van der Waals surface area (Å²) in [7, 11) is 0. The molecule has 2 heteroatoms. The third kappa shape index (κ3) is 2.78. The monoisotopic (exact) mass is 159 g/mol. The Bertz CT molecular complexity index is 114. The Hall–Kier alpha value is -0.110. The first-order valence-corrected chi connectivity index (χ1v) is 4.57. The van der Waals surface area contributed by atoms with Crippen molar-refractivity contribution in [2.24, 2.45) is 5.92 Å². The molecule has 1 aliphatic carbocycles. The summed E-state index contributed by atoms with van der Waals surface area (Å²) in [5, 5.41) is 3.26. The van der Waals surface area contributed by atoms with Crippen molar-refractivity contribution >= 4 is 0 Å². The van der Waals surface area contributed by atoms with Gasteiger partial charge in [-0.3, -0.25) is 0 Å². The Labute approximate surface area is 68.4 Å².